The van der Waals surface area contributed by atoms with E-state index in [1.54, 1.807) is 19.1 Å². The first-order valence-corrected chi connectivity index (χ1v) is 8.15. The van der Waals surface area contributed by atoms with Crippen molar-refractivity contribution in [1.29, 1.82) is 0 Å². The van der Waals surface area contributed by atoms with E-state index in [1.807, 2.05) is 0 Å². The molecule has 1 amide bonds. The molecule has 0 aliphatic heterocycles. The third kappa shape index (κ3) is 4.16. The Bertz CT molecular complexity index is 1030. The number of hydrogen-bond acceptors (Lipinski definition) is 4. The Kier molecular flexibility index (Phi) is 5.12. The van der Waals surface area contributed by atoms with E-state index in [2.05, 4.69) is 20.5 Å². The maximum atomic E-state index is 13.6. The molecule has 0 aliphatic rings. The standard InChI is InChI=1S/C18H15F4N5O/c1-10-16(17(28)23-2)26-27(25-10)15-8-11(3-4-24-15)5-12-6-13(18(20,21)22)9-14(19)7-12/h3-4,6-9H,5H2,1-2H3,(H,23,28). The summed E-state index contributed by atoms with van der Waals surface area (Å²) in [6.07, 6.45) is -3.14. The Hall–Kier alpha value is -3.30. The maximum Gasteiger partial charge on any atom is 0.416 e. The molecule has 0 spiro atoms. The van der Waals surface area contributed by atoms with Gasteiger partial charge in [-0.05, 0) is 54.8 Å². The first-order valence-electron chi connectivity index (χ1n) is 8.15. The van der Waals surface area contributed by atoms with Crippen LogP contribution in [0.1, 0.15) is 32.9 Å². The molecule has 2 heterocycles. The predicted molar refractivity (Wildman–Crippen MR) is 91.5 cm³/mol. The smallest absolute Gasteiger partial charge is 0.354 e. The third-order valence-electron chi connectivity index (χ3n) is 3.93. The Morgan fingerprint density at radius 3 is 2.57 bits per heavy atom. The number of hydrogen-bond donors (Lipinski definition) is 1. The second kappa shape index (κ2) is 7.37. The van der Waals surface area contributed by atoms with E-state index in [4.69, 9.17) is 0 Å². The van der Waals surface area contributed by atoms with Gasteiger partial charge in [0.25, 0.3) is 5.91 Å². The van der Waals surface area contributed by atoms with Crippen LogP contribution < -0.4 is 5.32 Å². The van der Waals surface area contributed by atoms with Gasteiger partial charge in [0.05, 0.1) is 11.3 Å². The molecule has 6 nitrogen and oxygen atoms in total. The van der Waals surface area contributed by atoms with Crippen molar-refractivity contribution in [3.63, 3.8) is 0 Å². The van der Waals surface area contributed by atoms with Crippen LogP contribution in [0.15, 0.2) is 36.5 Å². The molecule has 0 fully saturated rings. The molecule has 3 aromatic rings. The van der Waals surface area contributed by atoms with Gasteiger partial charge in [0.1, 0.15) is 5.82 Å². The number of halogens is 4. The number of nitrogens with one attached hydrogen (secondary N) is 1. The summed E-state index contributed by atoms with van der Waals surface area (Å²) < 4.78 is 52.2. The first kappa shape index (κ1) is 19.5. The van der Waals surface area contributed by atoms with Gasteiger partial charge < -0.3 is 5.32 Å². The molecule has 0 saturated heterocycles. The monoisotopic (exact) mass is 393 g/mol. The van der Waals surface area contributed by atoms with Crippen molar-refractivity contribution in [3.05, 3.63) is 70.4 Å². The summed E-state index contributed by atoms with van der Waals surface area (Å²) in [7, 11) is 1.47. The number of nitrogens with zero attached hydrogens (tertiary/aromatic N) is 4. The fourth-order valence-corrected chi connectivity index (χ4v) is 2.64. The molecule has 0 unspecified atom stereocenters. The number of rotatable bonds is 4. The zero-order chi connectivity index (χ0) is 20.5. The average molecular weight is 393 g/mol. The Balaban J connectivity index is 1.91. The van der Waals surface area contributed by atoms with Gasteiger partial charge in [0.15, 0.2) is 11.5 Å². The minimum atomic E-state index is -4.63. The van der Waals surface area contributed by atoms with Crippen LogP contribution in [-0.4, -0.2) is 32.9 Å². The summed E-state index contributed by atoms with van der Waals surface area (Å²) in [5.74, 6) is -1.08. The fourth-order valence-electron chi connectivity index (χ4n) is 2.64. The zero-order valence-electron chi connectivity index (χ0n) is 14.9. The van der Waals surface area contributed by atoms with Crippen LogP contribution in [0.2, 0.25) is 0 Å². The van der Waals surface area contributed by atoms with Crippen LogP contribution in [0.3, 0.4) is 0 Å². The van der Waals surface area contributed by atoms with E-state index in [-0.39, 0.29) is 23.5 Å². The van der Waals surface area contributed by atoms with Crippen molar-refractivity contribution in [3.8, 4) is 5.82 Å². The molecule has 0 bridgehead atoms. The minimum Gasteiger partial charge on any atom is -0.354 e. The van der Waals surface area contributed by atoms with Crippen molar-refractivity contribution < 1.29 is 22.4 Å². The number of carbonyl (C=O) groups excluding carboxylic acids is 1. The van der Waals surface area contributed by atoms with E-state index in [1.165, 1.54) is 13.2 Å². The zero-order valence-corrected chi connectivity index (χ0v) is 14.9. The largest absolute Gasteiger partial charge is 0.416 e. The number of aromatic nitrogens is 4. The normalized spacial score (nSPS) is 11.5. The summed E-state index contributed by atoms with van der Waals surface area (Å²) >= 11 is 0. The van der Waals surface area contributed by atoms with Crippen LogP contribution >= 0.6 is 0 Å². The van der Waals surface area contributed by atoms with Crippen molar-refractivity contribution >= 4 is 5.91 Å². The quantitative estimate of drug-likeness (QED) is 0.692. The van der Waals surface area contributed by atoms with Gasteiger partial charge in [-0.15, -0.1) is 9.90 Å². The third-order valence-corrected chi connectivity index (χ3v) is 3.93. The molecule has 10 heteroatoms. The van der Waals surface area contributed by atoms with Gasteiger partial charge in [-0.25, -0.2) is 9.37 Å². The van der Waals surface area contributed by atoms with Gasteiger partial charge in [0.2, 0.25) is 0 Å². The highest BCUT2D eigenvalue weighted by Crippen LogP contribution is 2.31. The number of benzene rings is 1. The summed E-state index contributed by atoms with van der Waals surface area (Å²) in [5.41, 5.74) is 0.234. The number of carbonyl (C=O) groups is 1. The molecule has 3 rings (SSSR count). The van der Waals surface area contributed by atoms with Crippen LogP contribution in [0.4, 0.5) is 17.6 Å². The molecule has 0 atom stereocenters. The summed E-state index contributed by atoms with van der Waals surface area (Å²) in [4.78, 5) is 17.0. The van der Waals surface area contributed by atoms with Crippen molar-refractivity contribution in [2.24, 2.45) is 0 Å². The molecule has 1 N–H and O–H groups in total. The number of amides is 1. The van der Waals surface area contributed by atoms with Crippen molar-refractivity contribution in [2.75, 3.05) is 7.05 Å². The van der Waals surface area contributed by atoms with Gasteiger partial charge in [0, 0.05) is 13.2 Å². The van der Waals surface area contributed by atoms with Gasteiger partial charge in [-0.1, -0.05) is 0 Å². The molecule has 2 aromatic heterocycles. The van der Waals surface area contributed by atoms with E-state index < -0.39 is 23.5 Å². The maximum absolute atomic E-state index is 13.6. The highest BCUT2D eigenvalue weighted by molar-refractivity contribution is 5.92. The lowest BCUT2D eigenvalue weighted by atomic mass is 10.0. The van der Waals surface area contributed by atoms with E-state index >= 15 is 0 Å². The number of pyridine rings is 1. The molecule has 28 heavy (non-hydrogen) atoms. The molecule has 0 radical (unpaired) electrons. The summed E-state index contributed by atoms with van der Waals surface area (Å²) in [6.45, 7) is 1.61. The molecular formula is C18H15F4N5O. The lowest BCUT2D eigenvalue weighted by Gasteiger charge is -2.10. The van der Waals surface area contributed by atoms with Gasteiger partial charge >= 0.3 is 6.18 Å². The van der Waals surface area contributed by atoms with Crippen LogP contribution in [0, 0.1) is 12.7 Å². The summed E-state index contributed by atoms with van der Waals surface area (Å²) in [6, 6.07) is 5.57. The average Bonchev–Trinajstić information content (AvgIpc) is 3.02. The highest BCUT2D eigenvalue weighted by atomic mass is 19.4. The Labute approximate surface area is 157 Å². The van der Waals surface area contributed by atoms with Crippen molar-refractivity contribution in [1.82, 2.24) is 25.3 Å². The molecular weight excluding hydrogens is 378 g/mol. The lowest BCUT2D eigenvalue weighted by molar-refractivity contribution is -0.137. The highest BCUT2D eigenvalue weighted by Gasteiger charge is 2.31. The Morgan fingerprint density at radius 1 is 1.14 bits per heavy atom. The molecule has 146 valence electrons. The van der Waals surface area contributed by atoms with Gasteiger partial charge in [-0.3, -0.25) is 4.79 Å². The topological polar surface area (TPSA) is 72.7 Å². The number of alkyl halides is 3. The minimum absolute atomic E-state index is 0.0545. The molecule has 1 aromatic carbocycles. The van der Waals surface area contributed by atoms with E-state index in [0.29, 0.717) is 17.3 Å². The van der Waals surface area contributed by atoms with Crippen LogP contribution in [0.5, 0.6) is 0 Å². The number of aryl methyl sites for hydroxylation is 1. The molecule has 0 aliphatic carbocycles. The summed E-state index contributed by atoms with van der Waals surface area (Å²) in [5, 5.41) is 10.7. The fraction of sp³-hybridized carbons (Fsp3) is 0.222. The predicted octanol–water partition coefficient (Wildman–Crippen LogP) is 3.08. The second-order valence-corrected chi connectivity index (χ2v) is 6.05. The molecule has 0 saturated carbocycles. The SMILES string of the molecule is CNC(=O)c1nn(-c2cc(Cc3cc(F)cc(C(F)(F)F)c3)ccn2)nc1C. The van der Waals surface area contributed by atoms with Crippen LogP contribution in [-0.2, 0) is 12.6 Å². The first-order chi connectivity index (χ1) is 13.2. The van der Waals surface area contributed by atoms with Gasteiger partial charge in [-0.2, -0.15) is 18.3 Å². The Morgan fingerprint density at radius 2 is 1.89 bits per heavy atom. The van der Waals surface area contributed by atoms with E-state index in [9.17, 15) is 22.4 Å². The van der Waals surface area contributed by atoms with E-state index in [0.717, 1.165) is 16.9 Å². The lowest BCUT2D eigenvalue weighted by Crippen LogP contribution is -2.19. The van der Waals surface area contributed by atoms with Crippen LogP contribution in [0.25, 0.3) is 5.82 Å². The second-order valence-electron chi connectivity index (χ2n) is 6.05. The van der Waals surface area contributed by atoms with Crippen molar-refractivity contribution in [2.45, 2.75) is 19.5 Å².